The van der Waals surface area contributed by atoms with Gasteiger partial charge in [-0.3, -0.25) is 0 Å². The van der Waals surface area contributed by atoms with E-state index in [1.54, 1.807) is 7.05 Å². The zero-order valence-electron chi connectivity index (χ0n) is 12.3. The molecule has 1 saturated heterocycles. The molecule has 1 saturated carbocycles. The third-order valence-corrected chi connectivity index (χ3v) is 6.74. The Labute approximate surface area is 122 Å². The van der Waals surface area contributed by atoms with Crippen molar-refractivity contribution in [2.24, 2.45) is 11.7 Å². The Hall–Kier alpha value is -0.210. The Balaban J connectivity index is 2.03. The summed E-state index contributed by atoms with van der Waals surface area (Å²) in [6, 6.07) is 0. The number of hydrogen-bond acceptors (Lipinski definition) is 4. The predicted molar refractivity (Wildman–Crippen MR) is 78.3 cm³/mol. The van der Waals surface area contributed by atoms with Gasteiger partial charge in [0, 0.05) is 32.6 Å². The normalized spacial score (nSPS) is 32.3. The predicted octanol–water partition coefficient (Wildman–Crippen LogP) is 0.139. The summed E-state index contributed by atoms with van der Waals surface area (Å²) < 4.78 is 27.9. The van der Waals surface area contributed by atoms with Crippen molar-refractivity contribution in [1.29, 1.82) is 0 Å². The van der Waals surface area contributed by atoms with Gasteiger partial charge in [-0.25, -0.2) is 0 Å². The molecule has 20 heavy (non-hydrogen) atoms. The second kappa shape index (κ2) is 6.27. The third-order valence-electron chi connectivity index (χ3n) is 4.79. The summed E-state index contributed by atoms with van der Waals surface area (Å²) in [6.45, 7) is 1.81. The highest BCUT2D eigenvalue weighted by Gasteiger charge is 2.45. The lowest BCUT2D eigenvalue weighted by Crippen LogP contribution is -2.56. The molecule has 2 unspecified atom stereocenters. The topological polar surface area (TPSA) is 86.9 Å². The molecule has 1 aliphatic carbocycles. The number of nitrogens with zero attached hydrogens (tertiary/aromatic N) is 2. The van der Waals surface area contributed by atoms with E-state index in [9.17, 15) is 13.5 Å². The summed E-state index contributed by atoms with van der Waals surface area (Å²) in [4.78, 5) is 0. The molecule has 7 heteroatoms. The first-order chi connectivity index (χ1) is 9.40. The SMILES string of the molecule is CN(CCCN)S(=O)(=O)N1CCC2(O)CCCCC2C1. The fourth-order valence-electron chi connectivity index (χ4n) is 3.38. The molecule has 0 bridgehead atoms. The summed E-state index contributed by atoms with van der Waals surface area (Å²) in [7, 11) is -1.81. The van der Waals surface area contributed by atoms with Crippen molar-refractivity contribution < 1.29 is 13.5 Å². The van der Waals surface area contributed by atoms with E-state index in [2.05, 4.69) is 0 Å². The van der Waals surface area contributed by atoms with Gasteiger partial charge in [-0.15, -0.1) is 0 Å². The van der Waals surface area contributed by atoms with Crippen molar-refractivity contribution in [1.82, 2.24) is 8.61 Å². The van der Waals surface area contributed by atoms with E-state index in [4.69, 9.17) is 5.73 Å². The number of hydrogen-bond donors (Lipinski definition) is 2. The molecule has 0 aromatic carbocycles. The highest BCUT2D eigenvalue weighted by molar-refractivity contribution is 7.86. The van der Waals surface area contributed by atoms with Gasteiger partial charge in [0.2, 0.25) is 0 Å². The van der Waals surface area contributed by atoms with Gasteiger partial charge in [0.1, 0.15) is 0 Å². The molecule has 6 nitrogen and oxygen atoms in total. The minimum atomic E-state index is -3.41. The Morgan fingerprint density at radius 2 is 2.15 bits per heavy atom. The van der Waals surface area contributed by atoms with Gasteiger partial charge < -0.3 is 10.8 Å². The van der Waals surface area contributed by atoms with Crippen LogP contribution >= 0.6 is 0 Å². The Morgan fingerprint density at radius 1 is 1.40 bits per heavy atom. The molecule has 1 heterocycles. The molecule has 0 aromatic rings. The molecule has 2 rings (SSSR count). The summed E-state index contributed by atoms with van der Waals surface area (Å²) in [6.07, 6.45) is 5.10. The van der Waals surface area contributed by atoms with Gasteiger partial charge in [0.25, 0.3) is 10.2 Å². The minimum Gasteiger partial charge on any atom is -0.390 e. The van der Waals surface area contributed by atoms with Crippen LogP contribution in [0.15, 0.2) is 0 Å². The van der Waals surface area contributed by atoms with E-state index in [-0.39, 0.29) is 5.92 Å². The van der Waals surface area contributed by atoms with Crippen LogP contribution in [0.1, 0.15) is 38.5 Å². The molecule has 118 valence electrons. The molecule has 0 radical (unpaired) electrons. The maximum Gasteiger partial charge on any atom is 0.281 e. The van der Waals surface area contributed by atoms with Gasteiger partial charge in [0.05, 0.1) is 5.60 Å². The molecule has 0 amide bonds. The first kappa shape index (κ1) is 16.2. The number of rotatable bonds is 5. The van der Waals surface area contributed by atoms with Gasteiger partial charge in [-0.2, -0.15) is 17.0 Å². The minimum absolute atomic E-state index is 0.0858. The molecule has 3 N–H and O–H groups in total. The highest BCUT2D eigenvalue weighted by atomic mass is 32.2. The van der Waals surface area contributed by atoms with Crippen LogP contribution in [0.4, 0.5) is 0 Å². The number of aliphatic hydroxyl groups is 1. The summed E-state index contributed by atoms with van der Waals surface area (Å²) in [5.74, 6) is 0.0858. The van der Waals surface area contributed by atoms with Crippen molar-refractivity contribution in [2.45, 2.75) is 44.1 Å². The van der Waals surface area contributed by atoms with Crippen molar-refractivity contribution >= 4 is 10.2 Å². The Kier molecular flexibility index (Phi) is 5.07. The van der Waals surface area contributed by atoms with E-state index in [1.807, 2.05) is 0 Å². The molecular weight excluding hydrogens is 278 g/mol. The molecule has 2 fully saturated rings. The summed E-state index contributed by atoms with van der Waals surface area (Å²) in [5, 5.41) is 10.6. The molecular formula is C13H27N3O3S. The monoisotopic (exact) mass is 305 g/mol. The first-order valence-electron chi connectivity index (χ1n) is 7.54. The molecule has 1 aliphatic heterocycles. The van der Waals surface area contributed by atoms with E-state index in [0.29, 0.717) is 39.0 Å². The summed E-state index contributed by atoms with van der Waals surface area (Å²) >= 11 is 0. The Bertz CT molecular complexity index is 429. The maximum absolute atomic E-state index is 12.5. The molecule has 0 aromatic heterocycles. The van der Waals surface area contributed by atoms with Crippen molar-refractivity contribution in [3.63, 3.8) is 0 Å². The van der Waals surface area contributed by atoms with Crippen LogP contribution in [0.5, 0.6) is 0 Å². The average molecular weight is 305 g/mol. The van der Waals surface area contributed by atoms with Crippen LogP contribution in [0, 0.1) is 5.92 Å². The van der Waals surface area contributed by atoms with Crippen LogP contribution in [0.3, 0.4) is 0 Å². The first-order valence-corrected chi connectivity index (χ1v) is 8.94. The molecule has 0 spiro atoms. The van der Waals surface area contributed by atoms with Gasteiger partial charge in [0.15, 0.2) is 0 Å². The van der Waals surface area contributed by atoms with Crippen LogP contribution < -0.4 is 5.73 Å². The van der Waals surface area contributed by atoms with Crippen LogP contribution in [0.25, 0.3) is 0 Å². The van der Waals surface area contributed by atoms with E-state index >= 15 is 0 Å². The average Bonchev–Trinajstić information content (AvgIpc) is 2.43. The fraction of sp³-hybridized carbons (Fsp3) is 1.00. The second-order valence-corrected chi connectivity index (χ2v) is 8.16. The van der Waals surface area contributed by atoms with Gasteiger partial charge in [-0.1, -0.05) is 12.8 Å². The lowest BCUT2D eigenvalue weighted by atomic mass is 9.72. The van der Waals surface area contributed by atoms with Gasteiger partial charge in [-0.05, 0) is 32.2 Å². The third kappa shape index (κ3) is 3.17. The summed E-state index contributed by atoms with van der Waals surface area (Å²) in [5.41, 5.74) is 4.80. The zero-order valence-corrected chi connectivity index (χ0v) is 13.1. The number of fused-ring (bicyclic) bond motifs is 1. The number of nitrogens with two attached hydrogens (primary N) is 1. The highest BCUT2D eigenvalue weighted by Crippen LogP contribution is 2.40. The molecule has 2 aliphatic rings. The largest absolute Gasteiger partial charge is 0.390 e. The second-order valence-electron chi connectivity index (χ2n) is 6.13. The van der Waals surface area contributed by atoms with Crippen molar-refractivity contribution in [3.05, 3.63) is 0 Å². The molecule has 2 atom stereocenters. The fourth-order valence-corrected chi connectivity index (χ4v) is 4.82. The van der Waals surface area contributed by atoms with E-state index in [1.165, 1.54) is 8.61 Å². The van der Waals surface area contributed by atoms with Crippen LogP contribution in [-0.4, -0.2) is 61.0 Å². The maximum atomic E-state index is 12.5. The quantitative estimate of drug-likeness (QED) is 0.756. The standard InChI is InChI=1S/C13H27N3O3S/c1-15(9-4-8-14)20(18,19)16-10-7-13(17)6-3-2-5-12(13)11-16/h12,17H,2-11,14H2,1H3. The zero-order chi connectivity index (χ0) is 14.8. The van der Waals surface area contributed by atoms with Crippen LogP contribution in [0.2, 0.25) is 0 Å². The Morgan fingerprint density at radius 3 is 2.85 bits per heavy atom. The van der Waals surface area contributed by atoms with Crippen molar-refractivity contribution in [2.75, 3.05) is 33.2 Å². The van der Waals surface area contributed by atoms with E-state index in [0.717, 1.165) is 25.7 Å². The lowest BCUT2D eigenvalue weighted by molar-refractivity contribution is -0.0822. The lowest BCUT2D eigenvalue weighted by Gasteiger charge is -2.47. The van der Waals surface area contributed by atoms with E-state index < -0.39 is 15.8 Å². The smallest absolute Gasteiger partial charge is 0.281 e. The van der Waals surface area contributed by atoms with Crippen molar-refractivity contribution in [3.8, 4) is 0 Å². The van der Waals surface area contributed by atoms with Crippen LogP contribution in [-0.2, 0) is 10.2 Å². The van der Waals surface area contributed by atoms with Gasteiger partial charge >= 0.3 is 0 Å². The number of piperidine rings is 1.